The van der Waals surface area contributed by atoms with Gasteiger partial charge in [0.1, 0.15) is 0 Å². The van der Waals surface area contributed by atoms with Crippen molar-refractivity contribution in [3.05, 3.63) is 11.6 Å². The number of thioether (sulfide) groups is 1. The second kappa shape index (κ2) is 7.10. The van der Waals surface area contributed by atoms with Crippen molar-refractivity contribution in [3.8, 4) is 0 Å². The first-order valence-electron chi connectivity index (χ1n) is 6.40. The number of allylic oxidation sites excluding steroid dienone is 1. The molecule has 0 saturated heterocycles. The highest BCUT2D eigenvalue weighted by Gasteiger charge is 2.26. The van der Waals surface area contributed by atoms with Gasteiger partial charge < -0.3 is 4.74 Å². The normalized spacial score (nSPS) is 24.6. The molecule has 0 aliphatic heterocycles. The van der Waals surface area contributed by atoms with Crippen LogP contribution < -0.4 is 0 Å². The first kappa shape index (κ1) is 14.6. The lowest BCUT2D eigenvalue weighted by atomic mass is 9.82. The summed E-state index contributed by atoms with van der Waals surface area (Å²) in [6.45, 7) is 6.81. The third-order valence-electron chi connectivity index (χ3n) is 3.44. The van der Waals surface area contributed by atoms with E-state index in [0.717, 1.165) is 17.6 Å². The van der Waals surface area contributed by atoms with E-state index in [1.165, 1.54) is 25.5 Å². The van der Waals surface area contributed by atoms with Crippen molar-refractivity contribution in [2.24, 2.45) is 11.8 Å². The van der Waals surface area contributed by atoms with Crippen molar-refractivity contribution in [1.29, 1.82) is 0 Å². The minimum atomic E-state index is -0.102. The van der Waals surface area contributed by atoms with Gasteiger partial charge in [0.2, 0.25) is 0 Å². The lowest BCUT2D eigenvalue weighted by molar-refractivity contribution is -0.140. The Kier molecular flexibility index (Phi) is 6.10. The predicted octanol–water partition coefficient (Wildman–Crippen LogP) is 3.66. The summed E-state index contributed by atoms with van der Waals surface area (Å²) in [6, 6.07) is 0. The van der Waals surface area contributed by atoms with Crippen molar-refractivity contribution in [2.75, 3.05) is 12.9 Å². The zero-order valence-electron chi connectivity index (χ0n) is 11.4. The average molecular weight is 256 g/mol. The number of hydrogen-bond donors (Lipinski definition) is 0. The molecule has 0 amide bonds. The molecule has 0 spiro atoms. The van der Waals surface area contributed by atoms with Crippen molar-refractivity contribution < 1.29 is 9.53 Å². The highest BCUT2D eigenvalue weighted by Crippen LogP contribution is 2.36. The quantitative estimate of drug-likeness (QED) is 0.554. The Morgan fingerprint density at radius 1 is 1.59 bits per heavy atom. The number of hydrogen-bond acceptors (Lipinski definition) is 3. The number of esters is 1. The van der Waals surface area contributed by atoms with Gasteiger partial charge in [-0.2, -0.15) is 11.8 Å². The number of carbonyl (C=O) groups is 1. The summed E-state index contributed by atoms with van der Waals surface area (Å²) < 4.78 is 4.67. The van der Waals surface area contributed by atoms with Gasteiger partial charge in [-0.15, -0.1) is 0 Å². The topological polar surface area (TPSA) is 26.3 Å². The van der Waals surface area contributed by atoms with Crippen LogP contribution in [0.5, 0.6) is 0 Å². The van der Waals surface area contributed by atoms with E-state index in [0.29, 0.717) is 11.7 Å². The van der Waals surface area contributed by atoms with Crippen molar-refractivity contribution in [2.45, 2.75) is 45.3 Å². The summed E-state index contributed by atoms with van der Waals surface area (Å²) in [5, 5.41) is 0.577. The molecule has 1 aliphatic rings. The molecular formula is C14H24O2S. The van der Waals surface area contributed by atoms with E-state index in [2.05, 4.69) is 31.6 Å². The summed E-state index contributed by atoms with van der Waals surface area (Å²) in [7, 11) is 1.45. The van der Waals surface area contributed by atoms with Crippen LogP contribution in [0.1, 0.15) is 40.0 Å². The number of ether oxygens (including phenoxy) is 1. The zero-order chi connectivity index (χ0) is 12.8. The molecule has 0 aromatic heterocycles. The van der Waals surface area contributed by atoms with E-state index in [9.17, 15) is 4.79 Å². The second-order valence-electron chi connectivity index (χ2n) is 5.12. The summed E-state index contributed by atoms with van der Waals surface area (Å²) in [5.41, 5.74) is 1.50. The Morgan fingerprint density at radius 2 is 2.29 bits per heavy atom. The molecule has 0 heterocycles. The molecule has 0 radical (unpaired) electrons. The Hall–Kier alpha value is -0.440. The van der Waals surface area contributed by atoms with Crippen LogP contribution in [-0.2, 0) is 9.53 Å². The smallest absolute Gasteiger partial charge is 0.306 e. The molecule has 98 valence electrons. The highest BCUT2D eigenvalue weighted by atomic mass is 32.2. The molecule has 1 rings (SSSR count). The Morgan fingerprint density at radius 3 is 2.88 bits per heavy atom. The van der Waals surface area contributed by atoms with Gasteiger partial charge in [0.25, 0.3) is 0 Å². The van der Waals surface area contributed by atoms with Gasteiger partial charge in [0.05, 0.1) is 13.5 Å². The molecule has 0 saturated carbocycles. The van der Waals surface area contributed by atoms with Crippen molar-refractivity contribution in [3.63, 3.8) is 0 Å². The van der Waals surface area contributed by atoms with E-state index < -0.39 is 0 Å². The average Bonchev–Trinajstić information content (AvgIpc) is 2.28. The van der Waals surface area contributed by atoms with Crippen LogP contribution in [-0.4, -0.2) is 24.1 Å². The molecule has 0 N–H and O–H groups in total. The van der Waals surface area contributed by atoms with E-state index in [4.69, 9.17) is 0 Å². The van der Waals surface area contributed by atoms with Crippen LogP contribution >= 0.6 is 11.8 Å². The molecule has 2 unspecified atom stereocenters. The lowest BCUT2D eigenvalue weighted by Gasteiger charge is -2.32. The van der Waals surface area contributed by atoms with Crippen LogP contribution in [0.3, 0.4) is 0 Å². The summed E-state index contributed by atoms with van der Waals surface area (Å²) in [6.07, 6.45) is 5.44. The Bertz CT molecular complexity index is 284. The maximum absolute atomic E-state index is 11.1. The fraction of sp³-hybridized carbons (Fsp3) is 0.786. The molecular weight excluding hydrogens is 232 g/mol. The molecule has 2 nitrogen and oxygen atoms in total. The predicted molar refractivity (Wildman–Crippen MR) is 74.2 cm³/mol. The van der Waals surface area contributed by atoms with Crippen LogP contribution in [0.15, 0.2) is 11.6 Å². The molecule has 2 atom stereocenters. The van der Waals surface area contributed by atoms with Crippen molar-refractivity contribution >= 4 is 17.7 Å². The monoisotopic (exact) mass is 256 g/mol. The van der Waals surface area contributed by atoms with Crippen LogP contribution in [0, 0.1) is 11.8 Å². The van der Waals surface area contributed by atoms with Gasteiger partial charge in [0.15, 0.2) is 0 Å². The fourth-order valence-corrected chi connectivity index (χ4v) is 3.89. The minimum Gasteiger partial charge on any atom is -0.469 e. The van der Waals surface area contributed by atoms with E-state index in [-0.39, 0.29) is 5.97 Å². The molecule has 0 aromatic rings. The highest BCUT2D eigenvalue weighted by molar-refractivity contribution is 8.00. The molecule has 0 bridgehead atoms. The third kappa shape index (κ3) is 4.74. The number of rotatable bonds is 5. The molecule has 17 heavy (non-hydrogen) atoms. The van der Waals surface area contributed by atoms with Crippen LogP contribution in [0.25, 0.3) is 0 Å². The first-order chi connectivity index (χ1) is 8.04. The third-order valence-corrected chi connectivity index (χ3v) is 4.75. The van der Waals surface area contributed by atoms with Crippen LogP contribution in [0.2, 0.25) is 0 Å². The van der Waals surface area contributed by atoms with E-state index in [1.54, 1.807) is 0 Å². The Balaban J connectivity index is 2.47. The first-order valence-corrected chi connectivity index (χ1v) is 7.45. The molecule has 0 aromatic carbocycles. The maximum Gasteiger partial charge on any atom is 0.306 e. The fourth-order valence-electron chi connectivity index (χ4n) is 2.31. The summed E-state index contributed by atoms with van der Waals surface area (Å²) >= 11 is 1.90. The Labute approximate surface area is 109 Å². The van der Waals surface area contributed by atoms with Gasteiger partial charge in [0, 0.05) is 11.0 Å². The maximum atomic E-state index is 11.1. The van der Waals surface area contributed by atoms with Gasteiger partial charge >= 0.3 is 5.97 Å². The van der Waals surface area contributed by atoms with Crippen LogP contribution in [0.4, 0.5) is 0 Å². The molecule has 3 heteroatoms. The van der Waals surface area contributed by atoms with Crippen molar-refractivity contribution in [1.82, 2.24) is 0 Å². The standard InChI is InChI=1S/C14H24O2S/c1-10(2)12-6-5-11(3)9-13(12)17-8-7-14(15)16-4/h9-10,12-13H,5-8H2,1-4H3. The van der Waals surface area contributed by atoms with E-state index in [1.807, 2.05) is 11.8 Å². The van der Waals surface area contributed by atoms with Gasteiger partial charge in [-0.25, -0.2) is 0 Å². The molecule has 0 fully saturated rings. The van der Waals surface area contributed by atoms with Gasteiger partial charge in [-0.05, 0) is 31.6 Å². The van der Waals surface area contributed by atoms with Gasteiger partial charge in [-0.1, -0.05) is 25.5 Å². The lowest BCUT2D eigenvalue weighted by Crippen LogP contribution is -2.25. The number of methoxy groups -OCH3 is 1. The van der Waals surface area contributed by atoms with E-state index >= 15 is 0 Å². The largest absolute Gasteiger partial charge is 0.469 e. The summed E-state index contributed by atoms with van der Waals surface area (Å²) in [5.74, 6) is 2.23. The second-order valence-corrected chi connectivity index (χ2v) is 6.41. The SMILES string of the molecule is COC(=O)CCSC1C=C(C)CCC1C(C)C. The zero-order valence-corrected chi connectivity index (χ0v) is 12.2. The number of carbonyl (C=O) groups excluding carboxylic acids is 1. The van der Waals surface area contributed by atoms with Gasteiger partial charge in [-0.3, -0.25) is 4.79 Å². The minimum absolute atomic E-state index is 0.102. The summed E-state index contributed by atoms with van der Waals surface area (Å²) in [4.78, 5) is 11.1. The molecule has 1 aliphatic carbocycles.